The molecule has 0 saturated carbocycles. The van der Waals surface area contributed by atoms with Gasteiger partial charge in [0.2, 0.25) is 0 Å². The molecule has 0 atom stereocenters. The van der Waals surface area contributed by atoms with Crippen molar-refractivity contribution >= 4 is 0 Å². The Kier molecular flexibility index (Phi) is 6.20. The van der Waals surface area contributed by atoms with E-state index in [1.165, 1.54) is 12.5 Å². The van der Waals surface area contributed by atoms with Gasteiger partial charge in [0.15, 0.2) is 0 Å². The lowest BCUT2D eigenvalue weighted by molar-refractivity contribution is 0.394. The first kappa shape index (κ1) is 16.1. The van der Waals surface area contributed by atoms with Crippen molar-refractivity contribution in [3.63, 3.8) is 0 Å². The molecular formula is C20H16N2O. The first-order valence-electron chi connectivity index (χ1n) is 7.23. The minimum atomic E-state index is 0.504. The zero-order chi connectivity index (χ0) is 16.3. The lowest BCUT2D eigenvalue weighted by atomic mass is 10.1. The second-order valence-electron chi connectivity index (χ2n) is 4.97. The Morgan fingerprint density at radius 2 is 1.13 bits per heavy atom. The Hall–Kier alpha value is -3.30. The van der Waals surface area contributed by atoms with Gasteiger partial charge in [0.25, 0.3) is 0 Å². The van der Waals surface area contributed by atoms with Crippen molar-refractivity contribution in [2.24, 2.45) is 0 Å². The predicted molar refractivity (Wildman–Crippen MR) is 88.8 cm³/mol. The van der Waals surface area contributed by atoms with Crippen LogP contribution in [0.3, 0.4) is 0 Å². The van der Waals surface area contributed by atoms with E-state index in [4.69, 9.17) is 15.3 Å². The number of allylic oxidation sites excluding steroid dienone is 2. The molecule has 0 aliphatic rings. The Morgan fingerprint density at radius 1 is 0.739 bits per heavy atom. The zero-order valence-corrected chi connectivity index (χ0v) is 12.6. The van der Waals surface area contributed by atoms with E-state index < -0.39 is 0 Å². The summed E-state index contributed by atoms with van der Waals surface area (Å²) in [5, 5.41) is 18.3. The maximum absolute atomic E-state index is 9.16. The van der Waals surface area contributed by atoms with Crippen LogP contribution in [0.4, 0.5) is 0 Å². The topological polar surface area (TPSA) is 56.8 Å². The lowest BCUT2D eigenvalue weighted by Crippen LogP contribution is -1.91. The second-order valence-corrected chi connectivity index (χ2v) is 4.97. The van der Waals surface area contributed by atoms with Gasteiger partial charge in [-0.15, -0.1) is 0 Å². The van der Waals surface area contributed by atoms with E-state index in [2.05, 4.69) is 12.1 Å². The third kappa shape index (κ3) is 5.53. The van der Waals surface area contributed by atoms with Crippen LogP contribution in [0.1, 0.15) is 11.1 Å². The Labute approximate surface area is 136 Å². The Balaban J connectivity index is 1.99. The summed E-state index contributed by atoms with van der Waals surface area (Å²) in [6.07, 6.45) is 3.81. The molecule has 0 spiro atoms. The molecule has 0 unspecified atom stereocenters. The molecule has 2 aromatic rings. The average molecular weight is 300 g/mol. The van der Waals surface area contributed by atoms with Crippen molar-refractivity contribution in [2.45, 2.75) is 12.8 Å². The number of ether oxygens (including phenoxy) is 1. The van der Waals surface area contributed by atoms with Crippen molar-refractivity contribution < 1.29 is 4.74 Å². The van der Waals surface area contributed by atoms with Gasteiger partial charge in [-0.3, -0.25) is 0 Å². The van der Waals surface area contributed by atoms with Gasteiger partial charge < -0.3 is 4.74 Å². The van der Waals surface area contributed by atoms with Crippen molar-refractivity contribution in [1.29, 1.82) is 10.5 Å². The third-order valence-corrected chi connectivity index (χ3v) is 3.18. The highest BCUT2D eigenvalue weighted by molar-refractivity contribution is 5.30. The number of nitriles is 2. The molecule has 3 nitrogen and oxygen atoms in total. The molecule has 0 N–H and O–H groups in total. The molecule has 2 aromatic carbocycles. The van der Waals surface area contributed by atoms with Crippen LogP contribution in [0.25, 0.3) is 0 Å². The summed E-state index contributed by atoms with van der Waals surface area (Å²) in [5.74, 6) is 0. The molecule has 0 fully saturated rings. The third-order valence-electron chi connectivity index (χ3n) is 3.18. The Morgan fingerprint density at radius 3 is 1.48 bits per heavy atom. The van der Waals surface area contributed by atoms with Gasteiger partial charge in [-0.25, -0.2) is 0 Å². The van der Waals surface area contributed by atoms with Gasteiger partial charge in [0, 0.05) is 12.8 Å². The van der Waals surface area contributed by atoms with Crippen LogP contribution >= 0.6 is 0 Å². The summed E-state index contributed by atoms with van der Waals surface area (Å²) in [6.45, 7) is 0. The standard InChI is InChI=1S/C20H16N2O/c21-13-19(11-17-7-3-1-4-8-17)15-23-16-20(14-22)12-18-9-5-2-6-10-18/h1-10,15-16H,11-12H2. The van der Waals surface area contributed by atoms with E-state index in [1.54, 1.807) is 0 Å². The summed E-state index contributed by atoms with van der Waals surface area (Å²) in [5.41, 5.74) is 3.09. The fourth-order valence-corrected chi connectivity index (χ4v) is 2.04. The van der Waals surface area contributed by atoms with Crippen molar-refractivity contribution in [3.05, 3.63) is 95.5 Å². The van der Waals surface area contributed by atoms with E-state index in [-0.39, 0.29) is 0 Å². The summed E-state index contributed by atoms with van der Waals surface area (Å²) < 4.78 is 5.32. The lowest BCUT2D eigenvalue weighted by Gasteiger charge is -2.01. The van der Waals surface area contributed by atoms with Gasteiger partial charge in [-0.1, -0.05) is 60.7 Å². The van der Waals surface area contributed by atoms with E-state index >= 15 is 0 Å². The van der Waals surface area contributed by atoms with E-state index in [0.717, 1.165) is 11.1 Å². The summed E-state index contributed by atoms with van der Waals surface area (Å²) in [6, 6.07) is 23.6. The first-order valence-corrected chi connectivity index (χ1v) is 7.23. The largest absolute Gasteiger partial charge is 0.471 e. The molecule has 0 radical (unpaired) electrons. The van der Waals surface area contributed by atoms with Gasteiger partial charge in [-0.05, 0) is 11.1 Å². The summed E-state index contributed by atoms with van der Waals surface area (Å²) in [4.78, 5) is 0. The minimum absolute atomic E-state index is 0.504. The predicted octanol–water partition coefficient (Wildman–Crippen LogP) is 4.30. The molecule has 0 saturated heterocycles. The molecule has 112 valence electrons. The molecule has 2 rings (SSSR count). The SMILES string of the molecule is N#CC(=COC=C(C#N)Cc1ccccc1)Cc1ccccc1. The van der Waals surface area contributed by atoms with Gasteiger partial charge in [0.05, 0.1) is 23.3 Å². The smallest absolute Gasteiger partial charge is 0.104 e. The highest BCUT2D eigenvalue weighted by atomic mass is 16.5. The fraction of sp³-hybridized carbons (Fsp3) is 0.100. The molecule has 0 aliphatic heterocycles. The van der Waals surface area contributed by atoms with Gasteiger partial charge in [0.1, 0.15) is 12.5 Å². The summed E-state index contributed by atoms with van der Waals surface area (Å²) >= 11 is 0. The highest BCUT2D eigenvalue weighted by Crippen LogP contribution is 2.10. The number of nitrogens with zero attached hydrogens (tertiary/aromatic N) is 2. The minimum Gasteiger partial charge on any atom is -0.471 e. The number of hydrogen-bond donors (Lipinski definition) is 0. The molecule has 0 heterocycles. The quantitative estimate of drug-likeness (QED) is 0.590. The van der Waals surface area contributed by atoms with Crippen LogP contribution < -0.4 is 0 Å². The molecule has 0 amide bonds. The Bertz CT molecular complexity index is 695. The van der Waals surface area contributed by atoms with E-state index in [1.807, 2.05) is 60.7 Å². The van der Waals surface area contributed by atoms with Crippen molar-refractivity contribution in [2.75, 3.05) is 0 Å². The number of benzene rings is 2. The first-order chi connectivity index (χ1) is 11.3. The molecule has 3 heteroatoms. The normalized spacial score (nSPS) is 11.4. The van der Waals surface area contributed by atoms with Crippen molar-refractivity contribution in [1.82, 2.24) is 0 Å². The summed E-state index contributed by atoms with van der Waals surface area (Å²) in [7, 11) is 0. The van der Waals surface area contributed by atoms with Crippen LogP contribution in [0.2, 0.25) is 0 Å². The zero-order valence-electron chi connectivity index (χ0n) is 12.6. The van der Waals surface area contributed by atoms with E-state index in [0.29, 0.717) is 24.0 Å². The molecule has 0 aliphatic carbocycles. The van der Waals surface area contributed by atoms with Crippen LogP contribution in [-0.2, 0) is 17.6 Å². The van der Waals surface area contributed by atoms with Gasteiger partial charge in [-0.2, -0.15) is 10.5 Å². The number of rotatable bonds is 6. The van der Waals surface area contributed by atoms with Crippen molar-refractivity contribution in [3.8, 4) is 12.1 Å². The average Bonchev–Trinajstić information content (AvgIpc) is 2.61. The molecular weight excluding hydrogens is 284 g/mol. The second kappa shape index (κ2) is 8.87. The highest BCUT2D eigenvalue weighted by Gasteiger charge is 2.00. The van der Waals surface area contributed by atoms with Crippen LogP contribution in [-0.4, -0.2) is 0 Å². The molecule has 23 heavy (non-hydrogen) atoms. The van der Waals surface area contributed by atoms with E-state index in [9.17, 15) is 0 Å². The molecule has 0 aromatic heterocycles. The van der Waals surface area contributed by atoms with Crippen LogP contribution in [0, 0.1) is 22.7 Å². The van der Waals surface area contributed by atoms with Crippen LogP contribution in [0.15, 0.2) is 84.3 Å². The maximum Gasteiger partial charge on any atom is 0.104 e. The van der Waals surface area contributed by atoms with Gasteiger partial charge >= 0.3 is 0 Å². The monoisotopic (exact) mass is 300 g/mol. The number of hydrogen-bond acceptors (Lipinski definition) is 3. The maximum atomic E-state index is 9.16. The van der Waals surface area contributed by atoms with Crippen LogP contribution in [0.5, 0.6) is 0 Å². The fourth-order valence-electron chi connectivity index (χ4n) is 2.04. The molecule has 0 bridgehead atoms.